The highest BCUT2D eigenvalue weighted by Gasteiger charge is 2.21. The second-order valence-corrected chi connectivity index (χ2v) is 4.63. The molecule has 0 radical (unpaired) electrons. The fourth-order valence-corrected chi connectivity index (χ4v) is 0.743. The van der Waals surface area contributed by atoms with Gasteiger partial charge < -0.3 is 4.74 Å². The molecular weight excluding hydrogens is 196 g/mol. The average molecular weight is 216 g/mol. The van der Waals surface area contributed by atoms with Gasteiger partial charge in [0.05, 0.1) is 6.04 Å². The first kappa shape index (κ1) is 13.9. The fourth-order valence-electron chi connectivity index (χ4n) is 0.743. The van der Waals surface area contributed by atoms with Crippen LogP contribution in [0.2, 0.25) is 0 Å². The fraction of sp³-hybridized carbons (Fsp3) is 0.800. The molecule has 0 unspecified atom stereocenters. The van der Waals surface area contributed by atoms with Crippen LogP contribution in [0.5, 0.6) is 0 Å². The van der Waals surface area contributed by atoms with E-state index in [2.05, 4.69) is 5.32 Å². The summed E-state index contributed by atoms with van der Waals surface area (Å²) in [4.78, 5) is 24.4. The summed E-state index contributed by atoms with van der Waals surface area (Å²) in [7, 11) is 3.53. The van der Waals surface area contributed by atoms with Crippen LogP contribution in [0.15, 0.2) is 0 Å². The largest absolute Gasteiger partial charge is 0.444 e. The Bertz CT molecular complexity index is 244. The van der Waals surface area contributed by atoms with Gasteiger partial charge >= 0.3 is 6.09 Å². The second-order valence-electron chi connectivity index (χ2n) is 4.63. The van der Waals surface area contributed by atoms with Gasteiger partial charge in [0, 0.05) is 0 Å². The van der Waals surface area contributed by atoms with Crippen molar-refractivity contribution in [3.8, 4) is 0 Å². The average Bonchev–Trinajstić information content (AvgIpc) is 1.98. The maximum atomic E-state index is 11.4. The molecule has 0 saturated heterocycles. The highest BCUT2D eigenvalue weighted by molar-refractivity contribution is 5.94. The number of nitrogens with one attached hydrogen (secondary N) is 1. The quantitative estimate of drug-likeness (QED) is 0.747. The number of ether oxygens (including phenoxy) is 1. The Morgan fingerprint density at radius 1 is 1.27 bits per heavy atom. The highest BCUT2D eigenvalue weighted by atomic mass is 16.6. The molecule has 5 heteroatoms. The van der Waals surface area contributed by atoms with Gasteiger partial charge in [0.1, 0.15) is 5.60 Å². The number of carbonyl (C=O) groups is 2. The zero-order chi connectivity index (χ0) is 12.2. The van der Waals surface area contributed by atoms with E-state index in [-0.39, 0.29) is 11.9 Å². The molecule has 0 aromatic rings. The van der Waals surface area contributed by atoms with Crippen molar-refractivity contribution in [3.05, 3.63) is 0 Å². The third kappa shape index (κ3) is 6.06. The minimum Gasteiger partial charge on any atom is -0.444 e. The van der Waals surface area contributed by atoms with E-state index >= 15 is 0 Å². The van der Waals surface area contributed by atoms with Crippen LogP contribution in [0.25, 0.3) is 0 Å². The lowest BCUT2D eigenvalue weighted by Gasteiger charge is -2.22. The number of hydrogen-bond acceptors (Lipinski definition) is 4. The summed E-state index contributed by atoms with van der Waals surface area (Å²) in [5.74, 6) is -0.366. The van der Waals surface area contributed by atoms with Crippen molar-refractivity contribution >= 4 is 12.0 Å². The van der Waals surface area contributed by atoms with Gasteiger partial charge in [-0.2, -0.15) is 0 Å². The number of carbonyl (C=O) groups excluding carboxylic acids is 2. The minimum absolute atomic E-state index is 0.363. The molecule has 0 heterocycles. The Balaban J connectivity index is 4.14. The van der Waals surface area contributed by atoms with Crippen LogP contribution >= 0.6 is 0 Å². The lowest BCUT2D eigenvalue weighted by Crippen LogP contribution is -2.45. The van der Waals surface area contributed by atoms with Crippen molar-refractivity contribution in [3.63, 3.8) is 0 Å². The van der Waals surface area contributed by atoms with Crippen molar-refractivity contribution in [1.29, 1.82) is 0 Å². The zero-order valence-corrected chi connectivity index (χ0v) is 10.2. The third-order valence-electron chi connectivity index (χ3n) is 1.78. The van der Waals surface area contributed by atoms with Gasteiger partial charge in [0.15, 0.2) is 0 Å². The van der Waals surface area contributed by atoms with E-state index in [1.165, 1.54) is 0 Å². The van der Waals surface area contributed by atoms with E-state index in [1.54, 1.807) is 46.7 Å². The van der Waals surface area contributed by atoms with Gasteiger partial charge in [-0.15, -0.1) is 0 Å². The van der Waals surface area contributed by atoms with Crippen molar-refractivity contribution in [2.75, 3.05) is 14.1 Å². The summed E-state index contributed by atoms with van der Waals surface area (Å²) in [6, 6.07) is -0.363. The predicted octanol–water partition coefficient (Wildman–Crippen LogP) is 0.988. The van der Waals surface area contributed by atoms with Crippen molar-refractivity contribution < 1.29 is 14.3 Å². The van der Waals surface area contributed by atoms with Crippen LogP contribution < -0.4 is 5.32 Å². The Kier molecular flexibility index (Phi) is 4.74. The number of imide groups is 1. The number of rotatable bonds is 2. The number of nitrogens with zero attached hydrogens (tertiary/aromatic N) is 1. The van der Waals surface area contributed by atoms with Crippen LogP contribution in [0.4, 0.5) is 4.79 Å². The third-order valence-corrected chi connectivity index (χ3v) is 1.78. The van der Waals surface area contributed by atoms with Gasteiger partial charge in [-0.05, 0) is 41.8 Å². The summed E-state index contributed by atoms with van der Waals surface area (Å²) < 4.78 is 4.95. The number of amides is 2. The van der Waals surface area contributed by atoms with E-state index < -0.39 is 11.7 Å². The first-order valence-corrected chi connectivity index (χ1v) is 4.84. The molecule has 1 N–H and O–H groups in total. The monoisotopic (exact) mass is 216 g/mol. The van der Waals surface area contributed by atoms with E-state index in [1.807, 2.05) is 0 Å². The van der Waals surface area contributed by atoms with Gasteiger partial charge in [0.25, 0.3) is 0 Å². The molecule has 88 valence electrons. The van der Waals surface area contributed by atoms with Gasteiger partial charge in [0.2, 0.25) is 5.91 Å². The Hall–Kier alpha value is -1.10. The van der Waals surface area contributed by atoms with Crippen LogP contribution in [-0.2, 0) is 9.53 Å². The maximum absolute atomic E-state index is 11.4. The standard InChI is InChI=1S/C10H20N2O3/c1-7(12(5)6)8(13)11-9(14)15-10(2,3)4/h7H,1-6H3,(H,11,13,14)/t7-/m0/s1. The molecule has 0 bridgehead atoms. The number of hydrogen-bond donors (Lipinski definition) is 1. The van der Waals surface area contributed by atoms with E-state index in [9.17, 15) is 9.59 Å². The molecule has 0 aliphatic rings. The van der Waals surface area contributed by atoms with Crippen LogP contribution in [0.3, 0.4) is 0 Å². The molecule has 0 spiro atoms. The lowest BCUT2D eigenvalue weighted by molar-refractivity contribution is -0.124. The molecule has 0 saturated carbocycles. The summed E-state index contributed by atoms with van der Waals surface area (Å²) in [6.45, 7) is 6.94. The van der Waals surface area contributed by atoms with Gasteiger partial charge in [-0.25, -0.2) is 4.79 Å². The van der Waals surface area contributed by atoms with Crippen LogP contribution in [0, 0.1) is 0 Å². The summed E-state index contributed by atoms with van der Waals surface area (Å²) in [5.41, 5.74) is -0.592. The van der Waals surface area contributed by atoms with Crippen molar-refractivity contribution in [2.45, 2.75) is 39.3 Å². The van der Waals surface area contributed by atoms with Crippen LogP contribution in [-0.4, -0.2) is 42.6 Å². The minimum atomic E-state index is -0.707. The van der Waals surface area contributed by atoms with Gasteiger partial charge in [-0.3, -0.25) is 15.0 Å². The molecule has 2 amide bonds. The summed E-state index contributed by atoms with van der Waals surface area (Å²) in [5, 5.41) is 2.18. The second kappa shape index (κ2) is 5.11. The molecule has 15 heavy (non-hydrogen) atoms. The predicted molar refractivity (Wildman–Crippen MR) is 57.5 cm³/mol. The highest BCUT2D eigenvalue weighted by Crippen LogP contribution is 2.06. The van der Waals surface area contributed by atoms with Crippen molar-refractivity contribution in [2.24, 2.45) is 0 Å². The van der Waals surface area contributed by atoms with E-state index in [4.69, 9.17) is 4.74 Å². The summed E-state index contributed by atoms with van der Waals surface area (Å²) >= 11 is 0. The first-order chi connectivity index (χ1) is 6.63. The molecule has 0 aliphatic carbocycles. The zero-order valence-electron chi connectivity index (χ0n) is 10.2. The molecule has 0 aromatic carbocycles. The van der Waals surface area contributed by atoms with Crippen LogP contribution in [0.1, 0.15) is 27.7 Å². The molecule has 0 aliphatic heterocycles. The molecule has 0 fully saturated rings. The topological polar surface area (TPSA) is 58.6 Å². The lowest BCUT2D eigenvalue weighted by atomic mass is 10.2. The van der Waals surface area contributed by atoms with Gasteiger partial charge in [-0.1, -0.05) is 0 Å². The van der Waals surface area contributed by atoms with Crippen molar-refractivity contribution in [1.82, 2.24) is 10.2 Å². The molecule has 5 nitrogen and oxygen atoms in total. The Morgan fingerprint density at radius 3 is 2.07 bits per heavy atom. The summed E-state index contributed by atoms with van der Waals surface area (Å²) in [6.07, 6.45) is -0.707. The molecular formula is C10H20N2O3. The van der Waals surface area contributed by atoms with E-state index in [0.717, 1.165) is 0 Å². The normalized spacial score (nSPS) is 13.5. The Morgan fingerprint density at radius 2 is 1.73 bits per heavy atom. The first-order valence-electron chi connectivity index (χ1n) is 4.84. The smallest absolute Gasteiger partial charge is 0.414 e. The Labute approximate surface area is 90.8 Å². The molecule has 0 aromatic heterocycles. The number of alkyl carbamates (subject to hydrolysis) is 1. The number of likely N-dealkylation sites (N-methyl/N-ethyl adjacent to an activating group) is 1. The maximum Gasteiger partial charge on any atom is 0.414 e. The molecule has 1 atom stereocenters. The SMILES string of the molecule is C[C@@H](C(=O)NC(=O)OC(C)(C)C)N(C)C. The van der Waals surface area contributed by atoms with E-state index in [0.29, 0.717) is 0 Å². The molecule has 0 rings (SSSR count).